The van der Waals surface area contributed by atoms with Gasteiger partial charge in [0, 0.05) is 46.6 Å². The lowest BCUT2D eigenvalue weighted by atomic mass is 10.2. The maximum absolute atomic E-state index is 4.40. The Hall–Kier alpha value is -1.59. The van der Waals surface area contributed by atoms with Gasteiger partial charge in [-0.05, 0) is 25.7 Å². The van der Waals surface area contributed by atoms with Gasteiger partial charge >= 0.3 is 0 Å². The minimum atomic E-state index is 0.922. The van der Waals surface area contributed by atoms with Crippen molar-refractivity contribution in [3.8, 4) is 0 Å². The molecular weight excluding hydrogens is 288 g/mol. The number of hydrogen-bond acceptors (Lipinski definition) is 3. The lowest BCUT2D eigenvalue weighted by Gasteiger charge is -2.21. The monoisotopic (exact) mass is 320 g/mol. The van der Waals surface area contributed by atoms with E-state index in [4.69, 9.17) is 0 Å². The zero-order valence-electron chi connectivity index (χ0n) is 15.0. The predicted octanol–water partition coefficient (Wildman–Crippen LogP) is 2.24. The Bertz CT molecular complexity index is 493. The Morgan fingerprint density at radius 2 is 2.13 bits per heavy atom. The molecule has 1 aromatic heterocycles. The second-order valence-electron chi connectivity index (χ2n) is 6.35. The van der Waals surface area contributed by atoms with Crippen LogP contribution >= 0.6 is 0 Å². The smallest absolute Gasteiger partial charge is 0.193 e. The SMILES string of the molecule is CCCCN(C)C(=NC)NCCCc1nnc2n1CCCCC2. The summed E-state index contributed by atoms with van der Waals surface area (Å²) in [6, 6.07) is 0. The number of nitrogens with zero attached hydrogens (tertiary/aromatic N) is 5. The molecule has 1 aromatic rings. The number of guanidine groups is 1. The van der Waals surface area contributed by atoms with E-state index in [0.717, 1.165) is 50.7 Å². The molecule has 1 N–H and O–H groups in total. The van der Waals surface area contributed by atoms with Crippen LogP contribution in [0.3, 0.4) is 0 Å². The fourth-order valence-electron chi connectivity index (χ4n) is 3.06. The zero-order valence-corrected chi connectivity index (χ0v) is 15.0. The molecule has 0 amide bonds. The molecular formula is C17H32N6. The summed E-state index contributed by atoms with van der Waals surface area (Å²) < 4.78 is 2.34. The van der Waals surface area contributed by atoms with E-state index >= 15 is 0 Å². The van der Waals surface area contributed by atoms with E-state index in [0.29, 0.717) is 0 Å². The van der Waals surface area contributed by atoms with Crippen molar-refractivity contribution in [1.29, 1.82) is 0 Å². The summed E-state index contributed by atoms with van der Waals surface area (Å²) in [5.74, 6) is 3.32. The lowest BCUT2D eigenvalue weighted by Crippen LogP contribution is -2.39. The van der Waals surface area contributed by atoms with E-state index in [9.17, 15) is 0 Å². The molecule has 0 unspecified atom stereocenters. The van der Waals surface area contributed by atoms with Gasteiger partial charge in [-0.2, -0.15) is 0 Å². The number of hydrogen-bond donors (Lipinski definition) is 1. The van der Waals surface area contributed by atoms with Crippen LogP contribution in [0.2, 0.25) is 0 Å². The van der Waals surface area contributed by atoms with Gasteiger partial charge in [-0.3, -0.25) is 4.99 Å². The molecule has 2 rings (SSSR count). The Kier molecular flexibility index (Phi) is 7.36. The first-order chi connectivity index (χ1) is 11.3. The highest BCUT2D eigenvalue weighted by Gasteiger charge is 2.14. The Morgan fingerprint density at radius 1 is 1.26 bits per heavy atom. The van der Waals surface area contributed by atoms with Crippen LogP contribution in [-0.4, -0.2) is 52.8 Å². The van der Waals surface area contributed by atoms with Gasteiger partial charge in [0.2, 0.25) is 0 Å². The molecule has 0 atom stereocenters. The van der Waals surface area contributed by atoms with E-state index in [1.807, 2.05) is 7.05 Å². The van der Waals surface area contributed by atoms with Crippen LogP contribution in [-0.2, 0) is 19.4 Å². The van der Waals surface area contributed by atoms with Crippen molar-refractivity contribution < 1.29 is 0 Å². The molecule has 2 heterocycles. The van der Waals surface area contributed by atoms with E-state index in [2.05, 4.69) is 43.9 Å². The average molecular weight is 320 g/mol. The minimum Gasteiger partial charge on any atom is -0.356 e. The maximum atomic E-state index is 4.40. The van der Waals surface area contributed by atoms with Crippen molar-refractivity contribution in [2.45, 2.75) is 64.8 Å². The molecule has 0 spiro atoms. The number of rotatable bonds is 7. The molecule has 1 aliphatic heterocycles. The van der Waals surface area contributed by atoms with Gasteiger partial charge in [0.1, 0.15) is 11.6 Å². The summed E-state index contributed by atoms with van der Waals surface area (Å²) >= 11 is 0. The summed E-state index contributed by atoms with van der Waals surface area (Å²) in [5, 5.41) is 12.2. The molecule has 0 aliphatic carbocycles. The average Bonchev–Trinajstić information content (AvgIpc) is 2.79. The normalized spacial score (nSPS) is 15.2. The molecule has 0 fully saturated rings. The minimum absolute atomic E-state index is 0.922. The van der Waals surface area contributed by atoms with Gasteiger partial charge < -0.3 is 14.8 Å². The highest BCUT2D eigenvalue weighted by atomic mass is 15.3. The third kappa shape index (κ3) is 5.22. The molecule has 6 nitrogen and oxygen atoms in total. The van der Waals surface area contributed by atoms with Crippen LogP contribution in [0, 0.1) is 0 Å². The van der Waals surface area contributed by atoms with Crippen LogP contribution in [0.5, 0.6) is 0 Å². The molecule has 1 aliphatic rings. The second-order valence-corrected chi connectivity index (χ2v) is 6.35. The maximum Gasteiger partial charge on any atom is 0.193 e. The summed E-state index contributed by atoms with van der Waals surface area (Å²) in [6.07, 6.45) is 9.34. The van der Waals surface area contributed by atoms with Gasteiger partial charge in [-0.25, -0.2) is 0 Å². The molecule has 6 heteroatoms. The molecule has 0 saturated carbocycles. The first-order valence-corrected chi connectivity index (χ1v) is 9.09. The number of fused-ring (bicyclic) bond motifs is 1. The van der Waals surface area contributed by atoms with Crippen molar-refractivity contribution in [3.63, 3.8) is 0 Å². The summed E-state index contributed by atoms with van der Waals surface area (Å²) in [7, 11) is 3.95. The van der Waals surface area contributed by atoms with Gasteiger partial charge in [-0.1, -0.05) is 19.8 Å². The standard InChI is InChI=1S/C17H32N6/c1-4-5-13-22(3)17(18-2)19-12-9-11-16-21-20-15-10-7-6-8-14-23(15)16/h4-14H2,1-3H3,(H,18,19). The second kappa shape index (κ2) is 9.53. The highest BCUT2D eigenvalue weighted by Crippen LogP contribution is 2.15. The van der Waals surface area contributed by atoms with Crippen LogP contribution < -0.4 is 5.32 Å². The van der Waals surface area contributed by atoms with Crippen LogP contribution in [0.25, 0.3) is 0 Å². The summed E-state index contributed by atoms with van der Waals surface area (Å²) in [6.45, 7) is 5.28. The number of aliphatic imine (C=N–C) groups is 1. The van der Waals surface area contributed by atoms with Gasteiger partial charge in [-0.15, -0.1) is 10.2 Å². The largest absolute Gasteiger partial charge is 0.356 e. The van der Waals surface area contributed by atoms with Crippen LogP contribution in [0.1, 0.15) is 57.1 Å². The third-order valence-corrected chi connectivity index (χ3v) is 4.47. The van der Waals surface area contributed by atoms with Crippen molar-refractivity contribution in [3.05, 3.63) is 11.6 Å². The fraction of sp³-hybridized carbons (Fsp3) is 0.824. The van der Waals surface area contributed by atoms with Crippen LogP contribution in [0.15, 0.2) is 4.99 Å². The van der Waals surface area contributed by atoms with Gasteiger partial charge in [0.05, 0.1) is 0 Å². The fourth-order valence-corrected chi connectivity index (χ4v) is 3.06. The van der Waals surface area contributed by atoms with Gasteiger partial charge in [0.25, 0.3) is 0 Å². The quantitative estimate of drug-likeness (QED) is 0.475. The summed E-state index contributed by atoms with van der Waals surface area (Å²) in [4.78, 5) is 6.56. The van der Waals surface area contributed by atoms with E-state index in [1.165, 1.54) is 37.9 Å². The lowest BCUT2D eigenvalue weighted by molar-refractivity contribution is 0.463. The number of aromatic nitrogens is 3. The van der Waals surface area contributed by atoms with E-state index in [1.54, 1.807) is 0 Å². The Morgan fingerprint density at radius 3 is 2.91 bits per heavy atom. The highest BCUT2D eigenvalue weighted by molar-refractivity contribution is 5.79. The Balaban J connectivity index is 1.76. The Labute approximate surface area is 140 Å². The number of unbranched alkanes of at least 4 members (excludes halogenated alkanes) is 1. The van der Waals surface area contributed by atoms with Crippen molar-refractivity contribution in [2.75, 3.05) is 27.2 Å². The van der Waals surface area contributed by atoms with E-state index in [-0.39, 0.29) is 0 Å². The molecule has 0 bridgehead atoms. The molecule has 0 aromatic carbocycles. The predicted molar refractivity (Wildman–Crippen MR) is 94.8 cm³/mol. The zero-order chi connectivity index (χ0) is 16.5. The van der Waals surface area contributed by atoms with Gasteiger partial charge in [0.15, 0.2) is 5.96 Å². The van der Waals surface area contributed by atoms with Crippen molar-refractivity contribution in [2.24, 2.45) is 4.99 Å². The molecule has 0 radical (unpaired) electrons. The molecule has 23 heavy (non-hydrogen) atoms. The first kappa shape index (κ1) is 17.8. The van der Waals surface area contributed by atoms with Crippen molar-refractivity contribution >= 4 is 5.96 Å². The van der Waals surface area contributed by atoms with E-state index < -0.39 is 0 Å². The van der Waals surface area contributed by atoms with Crippen molar-refractivity contribution in [1.82, 2.24) is 25.0 Å². The molecule has 0 saturated heterocycles. The third-order valence-electron chi connectivity index (χ3n) is 4.47. The number of nitrogens with one attached hydrogen (secondary N) is 1. The molecule has 130 valence electrons. The number of aryl methyl sites for hydroxylation is 2. The first-order valence-electron chi connectivity index (χ1n) is 9.09. The van der Waals surface area contributed by atoms with Crippen LogP contribution in [0.4, 0.5) is 0 Å². The summed E-state index contributed by atoms with van der Waals surface area (Å²) in [5.41, 5.74) is 0. The topological polar surface area (TPSA) is 58.3 Å².